The van der Waals surface area contributed by atoms with Gasteiger partial charge in [-0.3, -0.25) is 14.1 Å². The Kier molecular flexibility index (Phi) is 4.44. The Bertz CT molecular complexity index is 580. The lowest BCUT2D eigenvalue weighted by Gasteiger charge is -2.10. The third kappa shape index (κ3) is 3.52. The summed E-state index contributed by atoms with van der Waals surface area (Å²) in [4.78, 5) is 21.3. The first-order valence-electron chi connectivity index (χ1n) is 4.57. The van der Waals surface area contributed by atoms with Crippen LogP contribution in [0.5, 0.6) is 5.75 Å². The number of benzene rings is 1. The van der Waals surface area contributed by atoms with Crippen LogP contribution in [0.2, 0.25) is 5.02 Å². The molecule has 0 saturated heterocycles. The Balaban J connectivity index is 3.20. The molecule has 0 aliphatic heterocycles. The molecule has 97 valence electrons. The molecule has 1 aromatic rings. The van der Waals surface area contributed by atoms with Crippen LogP contribution in [0.15, 0.2) is 18.2 Å². The van der Waals surface area contributed by atoms with Crippen molar-refractivity contribution in [3.05, 3.63) is 28.8 Å². The van der Waals surface area contributed by atoms with E-state index in [1.807, 2.05) is 0 Å². The largest absolute Gasteiger partial charge is 0.427 e. The Morgan fingerprint density at radius 3 is 2.50 bits per heavy atom. The molecule has 0 saturated carbocycles. The fourth-order valence-electron chi connectivity index (χ4n) is 1.23. The van der Waals surface area contributed by atoms with E-state index in [4.69, 9.17) is 20.9 Å². The molecule has 1 rings (SSSR count). The van der Waals surface area contributed by atoms with Gasteiger partial charge in [-0.2, -0.15) is 8.42 Å². The average molecular weight is 292 g/mol. The number of hydrogen-bond donors (Lipinski definition) is 1. The molecule has 6 nitrogen and oxygen atoms in total. The fourth-order valence-corrected chi connectivity index (χ4v) is 2.23. The maximum absolute atomic E-state index is 10.9. The van der Waals surface area contributed by atoms with Gasteiger partial charge in [0.05, 0.1) is 0 Å². The molecule has 18 heavy (non-hydrogen) atoms. The normalized spacial score (nSPS) is 12.8. The molecule has 0 aliphatic rings. The molecular formula is C10H8ClO6S. The number of esters is 1. The van der Waals surface area contributed by atoms with E-state index in [1.54, 1.807) is 0 Å². The van der Waals surface area contributed by atoms with Gasteiger partial charge in [-0.15, -0.1) is 0 Å². The van der Waals surface area contributed by atoms with Crippen LogP contribution in [-0.2, 0) is 19.7 Å². The number of halogens is 1. The predicted octanol–water partition coefficient (Wildman–Crippen LogP) is 1.30. The highest BCUT2D eigenvalue weighted by Crippen LogP contribution is 2.30. The van der Waals surface area contributed by atoms with Crippen molar-refractivity contribution >= 4 is 34.0 Å². The molecule has 1 N–H and O–H groups in total. The molecule has 0 fully saturated rings. The van der Waals surface area contributed by atoms with Gasteiger partial charge in [0.2, 0.25) is 6.29 Å². The van der Waals surface area contributed by atoms with Crippen molar-refractivity contribution in [2.75, 3.05) is 0 Å². The lowest BCUT2D eigenvalue weighted by molar-refractivity contribution is -0.131. The summed E-state index contributed by atoms with van der Waals surface area (Å²) in [5, 5.41) is -2.03. The zero-order chi connectivity index (χ0) is 13.9. The Morgan fingerprint density at radius 1 is 1.50 bits per heavy atom. The van der Waals surface area contributed by atoms with Gasteiger partial charge in [0.15, 0.2) is 5.25 Å². The number of carbonyl (C=O) groups excluding carboxylic acids is 2. The van der Waals surface area contributed by atoms with Crippen molar-refractivity contribution in [3.63, 3.8) is 0 Å². The van der Waals surface area contributed by atoms with Crippen molar-refractivity contribution in [2.24, 2.45) is 0 Å². The van der Waals surface area contributed by atoms with Crippen LogP contribution in [0.3, 0.4) is 0 Å². The van der Waals surface area contributed by atoms with Crippen molar-refractivity contribution in [3.8, 4) is 5.75 Å². The fraction of sp³-hybridized carbons (Fsp3) is 0.200. The summed E-state index contributed by atoms with van der Waals surface area (Å²) in [6, 6.07) is 3.57. The minimum atomic E-state index is -4.64. The molecule has 0 heterocycles. The number of ether oxygens (including phenoxy) is 1. The zero-order valence-electron chi connectivity index (χ0n) is 9.08. The van der Waals surface area contributed by atoms with Crippen LogP contribution in [0, 0.1) is 0 Å². The van der Waals surface area contributed by atoms with Crippen molar-refractivity contribution in [2.45, 2.75) is 12.2 Å². The molecule has 1 atom stereocenters. The van der Waals surface area contributed by atoms with Crippen LogP contribution in [0.4, 0.5) is 0 Å². The minimum absolute atomic E-state index is 0.0937. The van der Waals surface area contributed by atoms with Crippen molar-refractivity contribution in [1.29, 1.82) is 0 Å². The van der Waals surface area contributed by atoms with Gasteiger partial charge in [-0.25, -0.2) is 0 Å². The first-order chi connectivity index (χ1) is 8.25. The van der Waals surface area contributed by atoms with E-state index >= 15 is 0 Å². The summed E-state index contributed by atoms with van der Waals surface area (Å²) in [6.07, 6.45) is 1.18. The number of rotatable bonds is 4. The monoisotopic (exact) mass is 291 g/mol. The second-order valence-corrected chi connectivity index (χ2v) is 5.20. The summed E-state index contributed by atoms with van der Waals surface area (Å²) in [5.41, 5.74) is -0.148. The van der Waals surface area contributed by atoms with E-state index in [0.29, 0.717) is 0 Å². The summed E-state index contributed by atoms with van der Waals surface area (Å²) in [5.74, 6) is -0.483. The van der Waals surface area contributed by atoms with E-state index in [2.05, 4.69) is 0 Å². The van der Waals surface area contributed by atoms with Crippen LogP contribution in [-0.4, -0.2) is 25.2 Å². The minimum Gasteiger partial charge on any atom is -0.427 e. The lowest BCUT2D eigenvalue weighted by atomic mass is 10.1. The summed E-state index contributed by atoms with van der Waals surface area (Å²) in [6.45, 7) is 1.18. The van der Waals surface area contributed by atoms with Crippen LogP contribution < -0.4 is 4.74 Å². The van der Waals surface area contributed by atoms with Gasteiger partial charge in [0.1, 0.15) is 5.75 Å². The standard InChI is InChI=1S/C10H8ClO6S/c1-6(13)17-7-2-3-8(9(11)4-7)10(5-12)18(14,15)16/h2-4,10H,1H3,(H,14,15,16). The SMILES string of the molecule is CC(=O)Oc1ccc(C([C]=O)S(=O)(=O)O)c(Cl)c1. The lowest BCUT2D eigenvalue weighted by Crippen LogP contribution is -2.14. The molecule has 1 unspecified atom stereocenters. The van der Waals surface area contributed by atoms with Crippen LogP contribution in [0.25, 0.3) is 0 Å². The van der Waals surface area contributed by atoms with E-state index < -0.39 is 21.3 Å². The molecule has 8 heteroatoms. The number of hydrogen-bond acceptors (Lipinski definition) is 5. The Hall–Kier alpha value is -1.44. The first-order valence-corrected chi connectivity index (χ1v) is 6.45. The summed E-state index contributed by atoms with van der Waals surface area (Å²) in [7, 11) is -4.64. The molecule has 1 radical (unpaired) electrons. The van der Waals surface area contributed by atoms with Gasteiger partial charge in [0, 0.05) is 11.9 Å². The summed E-state index contributed by atoms with van der Waals surface area (Å²) < 4.78 is 35.4. The molecule has 0 aliphatic carbocycles. The highest BCUT2D eigenvalue weighted by Gasteiger charge is 2.28. The van der Waals surface area contributed by atoms with Gasteiger partial charge in [-0.05, 0) is 17.7 Å². The van der Waals surface area contributed by atoms with Crippen molar-refractivity contribution < 1.29 is 27.3 Å². The first kappa shape index (κ1) is 14.6. The van der Waals surface area contributed by atoms with E-state index in [0.717, 1.165) is 12.1 Å². The van der Waals surface area contributed by atoms with Crippen LogP contribution >= 0.6 is 11.6 Å². The van der Waals surface area contributed by atoms with Gasteiger partial charge >= 0.3 is 5.97 Å². The third-order valence-electron chi connectivity index (χ3n) is 1.92. The highest BCUT2D eigenvalue weighted by atomic mass is 35.5. The zero-order valence-corrected chi connectivity index (χ0v) is 10.7. The topological polar surface area (TPSA) is 97.7 Å². The Morgan fingerprint density at radius 2 is 2.11 bits per heavy atom. The summed E-state index contributed by atoms with van der Waals surface area (Å²) >= 11 is 5.75. The molecular weight excluding hydrogens is 284 g/mol. The smallest absolute Gasteiger partial charge is 0.308 e. The van der Waals surface area contributed by atoms with Gasteiger partial charge < -0.3 is 4.74 Å². The van der Waals surface area contributed by atoms with Crippen molar-refractivity contribution in [1.82, 2.24) is 0 Å². The van der Waals surface area contributed by atoms with Gasteiger partial charge in [0.25, 0.3) is 10.1 Å². The van der Waals surface area contributed by atoms with E-state index in [9.17, 15) is 18.0 Å². The second-order valence-electron chi connectivity index (χ2n) is 3.29. The number of carbonyl (C=O) groups is 1. The highest BCUT2D eigenvalue weighted by molar-refractivity contribution is 7.86. The third-order valence-corrected chi connectivity index (χ3v) is 3.19. The quantitative estimate of drug-likeness (QED) is 0.510. The maximum atomic E-state index is 10.9. The average Bonchev–Trinajstić information content (AvgIpc) is 2.19. The molecule has 0 bridgehead atoms. The van der Waals surface area contributed by atoms with Crippen LogP contribution in [0.1, 0.15) is 17.7 Å². The Labute approximate surface area is 108 Å². The molecule has 0 aromatic heterocycles. The molecule has 1 aromatic carbocycles. The van der Waals surface area contributed by atoms with Gasteiger partial charge in [-0.1, -0.05) is 17.7 Å². The maximum Gasteiger partial charge on any atom is 0.308 e. The van der Waals surface area contributed by atoms with E-state index in [-0.39, 0.29) is 16.3 Å². The molecule has 0 spiro atoms. The predicted molar refractivity (Wildman–Crippen MR) is 62.7 cm³/mol. The molecule has 0 amide bonds. The van der Waals surface area contributed by atoms with E-state index in [1.165, 1.54) is 19.3 Å². The second kappa shape index (κ2) is 5.47.